The van der Waals surface area contributed by atoms with E-state index in [-0.39, 0.29) is 0 Å². The van der Waals surface area contributed by atoms with Crippen molar-refractivity contribution in [3.05, 3.63) is 28.8 Å². The zero-order chi connectivity index (χ0) is 16.1. The molecule has 1 aliphatic heterocycles. The van der Waals surface area contributed by atoms with Crippen molar-refractivity contribution >= 4 is 0 Å². The van der Waals surface area contributed by atoms with Crippen LogP contribution in [0.25, 0.3) is 0 Å². The molecule has 0 N–H and O–H groups in total. The maximum Gasteiger partial charge on any atom is 0.125 e. The van der Waals surface area contributed by atoms with Crippen LogP contribution in [0.1, 0.15) is 49.8 Å². The summed E-state index contributed by atoms with van der Waals surface area (Å²) in [5, 5.41) is 0. The van der Waals surface area contributed by atoms with Gasteiger partial charge in [-0.15, -0.1) is 0 Å². The molecule has 2 nitrogen and oxygen atoms in total. The van der Waals surface area contributed by atoms with E-state index >= 15 is 0 Å². The molecule has 0 aliphatic carbocycles. The van der Waals surface area contributed by atoms with Crippen LogP contribution in [0.2, 0.25) is 0 Å². The first kappa shape index (κ1) is 17.3. The maximum absolute atomic E-state index is 6.06. The molecule has 22 heavy (non-hydrogen) atoms. The van der Waals surface area contributed by atoms with E-state index in [1.807, 2.05) is 0 Å². The van der Waals surface area contributed by atoms with Gasteiger partial charge in [-0.25, -0.2) is 0 Å². The van der Waals surface area contributed by atoms with Crippen molar-refractivity contribution in [2.24, 2.45) is 11.8 Å². The summed E-state index contributed by atoms with van der Waals surface area (Å²) in [5.74, 6) is 2.82. The topological polar surface area (TPSA) is 12.5 Å². The lowest BCUT2D eigenvalue weighted by Crippen LogP contribution is -2.39. The summed E-state index contributed by atoms with van der Waals surface area (Å²) in [7, 11) is 0. The minimum atomic E-state index is 0.837. The Kier molecular flexibility index (Phi) is 6.31. The van der Waals surface area contributed by atoms with Gasteiger partial charge in [0.1, 0.15) is 5.75 Å². The highest BCUT2D eigenvalue weighted by Gasteiger charge is 2.20. The predicted molar refractivity (Wildman–Crippen MR) is 94.8 cm³/mol. The van der Waals surface area contributed by atoms with Gasteiger partial charge in [0.2, 0.25) is 0 Å². The van der Waals surface area contributed by atoms with E-state index in [4.69, 9.17) is 4.74 Å². The van der Waals surface area contributed by atoms with Crippen LogP contribution in [0.5, 0.6) is 5.75 Å². The van der Waals surface area contributed by atoms with Gasteiger partial charge in [-0.3, -0.25) is 0 Å². The first-order chi connectivity index (χ1) is 10.5. The second-order valence-electron chi connectivity index (χ2n) is 7.41. The fourth-order valence-corrected chi connectivity index (χ4v) is 3.73. The normalized spacial score (nSPS) is 22.8. The van der Waals surface area contributed by atoms with Gasteiger partial charge in [-0.1, -0.05) is 26.0 Å². The molecular weight excluding hydrogens is 270 g/mol. The Balaban J connectivity index is 1.71. The molecule has 1 aromatic carbocycles. The number of likely N-dealkylation sites (tertiary alicyclic amines) is 1. The third-order valence-electron chi connectivity index (χ3n) is 4.93. The maximum atomic E-state index is 6.06. The number of ether oxygens (including phenoxy) is 1. The number of aryl methyl sites for hydroxylation is 2. The van der Waals surface area contributed by atoms with Crippen molar-refractivity contribution in [3.63, 3.8) is 0 Å². The lowest BCUT2D eigenvalue weighted by molar-refractivity contribution is 0.136. The third-order valence-corrected chi connectivity index (χ3v) is 4.93. The van der Waals surface area contributed by atoms with Gasteiger partial charge in [0.15, 0.2) is 0 Å². The molecule has 0 spiro atoms. The van der Waals surface area contributed by atoms with Gasteiger partial charge in [0.05, 0.1) is 6.61 Å². The Morgan fingerprint density at radius 1 is 1.00 bits per heavy atom. The van der Waals surface area contributed by atoms with E-state index in [1.165, 1.54) is 49.2 Å². The van der Waals surface area contributed by atoms with Gasteiger partial charge in [-0.05, 0) is 75.1 Å². The molecule has 0 aromatic heterocycles. The van der Waals surface area contributed by atoms with Gasteiger partial charge in [-0.2, -0.15) is 0 Å². The molecule has 0 bridgehead atoms. The highest BCUT2D eigenvalue weighted by atomic mass is 16.5. The summed E-state index contributed by atoms with van der Waals surface area (Å²) < 4.78 is 6.06. The lowest BCUT2D eigenvalue weighted by atomic mass is 9.92. The molecule has 0 amide bonds. The zero-order valence-electron chi connectivity index (χ0n) is 15.1. The second kappa shape index (κ2) is 8.01. The quantitative estimate of drug-likeness (QED) is 0.703. The fourth-order valence-electron chi connectivity index (χ4n) is 3.73. The molecule has 1 aromatic rings. The molecule has 1 saturated heterocycles. The molecule has 1 aliphatic rings. The van der Waals surface area contributed by atoms with Crippen molar-refractivity contribution in [1.29, 1.82) is 0 Å². The van der Waals surface area contributed by atoms with E-state index in [0.29, 0.717) is 0 Å². The summed E-state index contributed by atoms with van der Waals surface area (Å²) in [6.07, 6.45) is 3.78. The summed E-state index contributed by atoms with van der Waals surface area (Å²) in [6.45, 7) is 15.8. The Morgan fingerprint density at radius 2 is 1.64 bits per heavy atom. The van der Waals surface area contributed by atoms with Crippen molar-refractivity contribution in [3.8, 4) is 5.75 Å². The SMILES string of the molecule is Cc1ccc(C)c(OCCCCN2CC(C)CC(C)C2)c1C. The molecular formula is C20H33NO. The van der Waals surface area contributed by atoms with Crippen LogP contribution in [-0.2, 0) is 0 Å². The van der Waals surface area contributed by atoms with E-state index in [2.05, 4.69) is 51.7 Å². The Hall–Kier alpha value is -1.02. The van der Waals surface area contributed by atoms with Gasteiger partial charge >= 0.3 is 0 Å². The minimum Gasteiger partial charge on any atom is -0.493 e. The predicted octanol–water partition coefficient (Wildman–Crippen LogP) is 4.75. The number of hydrogen-bond donors (Lipinski definition) is 0. The summed E-state index contributed by atoms with van der Waals surface area (Å²) in [4.78, 5) is 2.64. The standard InChI is InChI=1S/C20H33NO/c1-15-12-16(2)14-21(13-15)10-6-7-11-22-20-18(4)9-8-17(3)19(20)5/h8-9,15-16H,6-7,10-14H2,1-5H3. The Bertz CT molecular complexity index is 473. The third kappa shape index (κ3) is 4.74. The Morgan fingerprint density at radius 3 is 2.32 bits per heavy atom. The number of piperidine rings is 1. The number of nitrogens with zero attached hydrogens (tertiary/aromatic N) is 1. The molecule has 2 heteroatoms. The molecule has 2 atom stereocenters. The average Bonchev–Trinajstić information content (AvgIpc) is 2.45. The summed E-state index contributed by atoms with van der Waals surface area (Å²) in [5.41, 5.74) is 3.86. The van der Waals surface area contributed by atoms with Crippen molar-refractivity contribution < 1.29 is 4.74 Å². The largest absolute Gasteiger partial charge is 0.493 e. The number of benzene rings is 1. The van der Waals surface area contributed by atoms with Crippen molar-refractivity contribution in [2.45, 2.75) is 53.9 Å². The molecule has 124 valence electrons. The molecule has 0 saturated carbocycles. The second-order valence-corrected chi connectivity index (χ2v) is 7.41. The van der Waals surface area contributed by atoms with Crippen LogP contribution in [-0.4, -0.2) is 31.1 Å². The lowest BCUT2D eigenvalue weighted by Gasteiger charge is -2.34. The summed E-state index contributed by atoms with van der Waals surface area (Å²) in [6, 6.07) is 4.34. The van der Waals surface area contributed by atoms with Gasteiger partial charge < -0.3 is 9.64 Å². The zero-order valence-corrected chi connectivity index (χ0v) is 15.1. The molecule has 2 unspecified atom stereocenters. The van der Waals surface area contributed by atoms with E-state index in [1.54, 1.807) is 0 Å². The molecule has 2 rings (SSSR count). The van der Waals surface area contributed by atoms with E-state index < -0.39 is 0 Å². The molecule has 1 heterocycles. The van der Waals surface area contributed by atoms with E-state index in [9.17, 15) is 0 Å². The van der Waals surface area contributed by atoms with Crippen molar-refractivity contribution in [2.75, 3.05) is 26.2 Å². The number of unbranched alkanes of at least 4 members (excludes halogenated alkanes) is 1. The molecule has 1 fully saturated rings. The average molecular weight is 303 g/mol. The van der Waals surface area contributed by atoms with Crippen LogP contribution in [0, 0.1) is 32.6 Å². The van der Waals surface area contributed by atoms with E-state index in [0.717, 1.165) is 30.6 Å². The van der Waals surface area contributed by atoms with Crippen LogP contribution in [0.4, 0.5) is 0 Å². The van der Waals surface area contributed by atoms with Crippen LogP contribution >= 0.6 is 0 Å². The van der Waals surface area contributed by atoms with Gasteiger partial charge in [0.25, 0.3) is 0 Å². The minimum absolute atomic E-state index is 0.837. The van der Waals surface area contributed by atoms with Crippen LogP contribution in [0.15, 0.2) is 12.1 Å². The Labute approximate surface area is 136 Å². The summed E-state index contributed by atoms with van der Waals surface area (Å²) >= 11 is 0. The van der Waals surface area contributed by atoms with Crippen molar-refractivity contribution in [1.82, 2.24) is 4.90 Å². The van der Waals surface area contributed by atoms with Crippen LogP contribution < -0.4 is 4.74 Å². The highest BCUT2D eigenvalue weighted by molar-refractivity contribution is 5.44. The van der Waals surface area contributed by atoms with Gasteiger partial charge in [0, 0.05) is 13.1 Å². The van der Waals surface area contributed by atoms with Crippen LogP contribution in [0.3, 0.4) is 0 Å². The number of rotatable bonds is 6. The fraction of sp³-hybridized carbons (Fsp3) is 0.700. The molecule has 0 radical (unpaired) electrons. The number of hydrogen-bond acceptors (Lipinski definition) is 2. The monoisotopic (exact) mass is 303 g/mol. The smallest absolute Gasteiger partial charge is 0.125 e. The first-order valence-electron chi connectivity index (χ1n) is 8.89. The highest BCUT2D eigenvalue weighted by Crippen LogP contribution is 2.26. The first-order valence-corrected chi connectivity index (χ1v) is 8.89.